The molecule has 0 aliphatic rings. The number of hydrogen-bond acceptors (Lipinski definition) is 3. The fourth-order valence-corrected chi connectivity index (χ4v) is 1.69. The zero-order chi connectivity index (χ0) is 13.1. The zero-order valence-electron chi connectivity index (χ0n) is 10.7. The minimum Gasteiger partial charge on any atom is -0.496 e. The van der Waals surface area contributed by atoms with Crippen LogP contribution in [-0.2, 0) is 11.2 Å². The smallest absolute Gasteiger partial charge is 0.122 e. The molecular formula is C13H19ClO3. The Balaban J connectivity index is 2.91. The van der Waals surface area contributed by atoms with Crippen LogP contribution in [0.25, 0.3) is 0 Å². The first kappa shape index (κ1) is 14.3. The fraction of sp³-hybridized carbons (Fsp3) is 0.538. The third-order valence-corrected chi connectivity index (χ3v) is 3.22. The van der Waals surface area contributed by atoms with Gasteiger partial charge in [0, 0.05) is 18.6 Å². The lowest BCUT2D eigenvalue weighted by atomic mass is 9.94. The normalized spacial score (nSPS) is 13.5. The summed E-state index contributed by atoms with van der Waals surface area (Å²) >= 11 is 5.94. The van der Waals surface area contributed by atoms with Crippen LogP contribution in [0.15, 0.2) is 18.2 Å². The Hall–Kier alpha value is -0.770. The first-order chi connectivity index (χ1) is 7.90. The summed E-state index contributed by atoms with van der Waals surface area (Å²) in [6.45, 7) is 3.68. The lowest BCUT2D eigenvalue weighted by Crippen LogP contribution is -2.39. The molecule has 0 fully saturated rings. The van der Waals surface area contributed by atoms with Crippen LogP contribution in [0.5, 0.6) is 5.75 Å². The molecule has 1 aromatic rings. The van der Waals surface area contributed by atoms with Gasteiger partial charge in [0.15, 0.2) is 0 Å². The zero-order valence-corrected chi connectivity index (χ0v) is 11.4. The topological polar surface area (TPSA) is 38.7 Å². The summed E-state index contributed by atoms with van der Waals surface area (Å²) in [6.07, 6.45) is -0.190. The third kappa shape index (κ3) is 3.60. The van der Waals surface area contributed by atoms with Crippen molar-refractivity contribution in [2.24, 2.45) is 0 Å². The van der Waals surface area contributed by atoms with Gasteiger partial charge in [0.1, 0.15) is 5.75 Å². The molecule has 1 aromatic carbocycles. The second-order valence-electron chi connectivity index (χ2n) is 4.48. The summed E-state index contributed by atoms with van der Waals surface area (Å²) in [5, 5.41) is 10.7. The number of benzene rings is 1. The van der Waals surface area contributed by atoms with E-state index in [-0.39, 0.29) is 0 Å². The van der Waals surface area contributed by atoms with Gasteiger partial charge in [0.25, 0.3) is 0 Å². The summed E-state index contributed by atoms with van der Waals surface area (Å²) in [7, 11) is 3.18. The number of halogens is 1. The van der Waals surface area contributed by atoms with E-state index in [2.05, 4.69) is 0 Å². The predicted octanol–water partition coefficient (Wildman–Crippen LogP) is 2.68. The molecule has 4 heteroatoms. The van der Waals surface area contributed by atoms with E-state index in [0.29, 0.717) is 11.4 Å². The molecule has 0 heterocycles. The lowest BCUT2D eigenvalue weighted by molar-refractivity contribution is -0.0766. The first-order valence-electron chi connectivity index (χ1n) is 5.46. The van der Waals surface area contributed by atoms with Gasteiger partial charge in [-0.15, -0.1) is 0 Å². The number of ether oxygens (including phenoxy) is 2. The molecule has 96 valence electrons. The molecule has 0 aromatic heterocycles. The molecule has 0 radical (unpaired) electrons. The molecular weight excluding hydrogens is 240 g/mol. The minimum atomic E-state index is -0.625. The maximum atomic E-state index is 10.1. The van der Waals surface area contributed by atoms with E-state index < -0.39 is 11.7 Å². The van der Waals surface area contributed by atoms with Crippen molar-refractivity contribution in [1.29, 1.82) is 0 Å². The first-order valence-corrected chi connectivity index (χ1v) is 5.84. The van der Waals surface area contributed by atoms with Crippen molar-refractivity contribution in [2.45, 2.75) is 32.0 Å². The van der Waals surface area contributed by atoms with E-state index in [1.807, 2.05) is 13.8 Å². The lowest BCUT2D eigenvalue weighted by Gasteiger charge is -2.29. The Kier molecular flexibility index (Phi) is 4.80. The number of hydrogen-bond donors (Lipinski definition) is 1. The fourth-order valence-electron chi connectivity index (χ4n) is 1.50. The SMILES string of the molecule is COc1ccc(Cl)cc1CC(O)C(C)(C)OC. The Bertz CT molecular complexity index is 377. The summed E-state index contributed by atoms with van der Waals surface area (Å²) in [5.41, 5.74) is 0.269. The van der Waals surface area contributed by atoms with Crippen molar-refractivity contribution >= 4 is 11.6 Å². The second-order valence-corrected chi connectivity index (χ2v) is 4.92. The highest BCUT2D eigenvalue weighted by molar-refractivity contribution is 6.30. The molecule has 0 aliphatic heterocycles. The van der Waals surface area contributed by atoms with E-state index >= 15 is 0 Å². The third-order valence-electron chi connectivity index (χ3n) is 2.98. The summed E-state index contributed by atoms with van der Waals surface area (Å²) in [4.78, 5) is 0. The Morgan fingerprint density at radius 3 is 2.53 bits per heavy atom. The van der Waals surface area contributed by atoms with Crippen LogP contribution in [0.4, 0.5) is 0 Å². The Morgan fingerprint density at radius 2 is 2.00 bits per heavy atom. The van der Waals surface area contributed by atoms with Crippen molar-refractivity contribution in [2.75, 3.05) is 14.2 Å². The highest BCUT2D eigenvalue weighted by Gasteiger charge is 2.28. The second kappa shape index (κ2) is 5.71. The number of rotatable bonds is 5. The molecule has 0 saturated carbocycles. The average Bonchev–Trinajstić information content (AvgIpc) is 2.29. The highest BCUT2D eigenvalue weighted by atomic mass is 35.5. The van der Waals surface area contributed by atoms with E-state index in [9.17, 15) is 5.11 Å². The largest absolute Gasteiger partial charge is 0.496 e. The molecule has 0 saturated heterocycles. The Labute approximate surface area is 107 Å². The van der Waals surface area contributed by atoms with Gasteiger partial charge in [-0.05, 0) is 37.6 Å². The molecule has 0 aliphatic carbocycles. The van der Waals surface area contributed by atoms with Crippen molar-refractivity contribution in [1.82, 2.24) is 0 Å². The van der Waals surface area contributed by atoms with Crippen molar-refractivity contribution in [3.63, 3.8) is 0 Å². The van der Waals surface area contributed by atoms with Crippen LogP contribution < -0.4 is 4.74 Å². The highest BCUT2D eigenvalue weighted by Crippen LogP contribution is 2.26. The molecule has 1 N–H and O–H groups in total. The maximum absolute atomic E-state index is 10.1. The van der Waals surface area contributed by atoms with Crippen LogP contribution in [-0.4, -0.2) is 31.0 Å². The van der Waals surface area contributed by atoms with E-state index in [4.69, 9.17) is 21.1 Å². The predicted molar refractivity (Wildman–Crippen MR) is 68.8 cm³/mol. The van der Waals surface area contributed by atoms with Gasteiger partial charge in [0.2, 0.25) is 0 Å². The molecule has 0 spiro atoms. The van der Waals surface area contributed by atoms with Gasteiger partial charge in [-0.2, -0.15) is 0 Å². The van der Waals surface area contributed by atoms with Gasteiger partial charge in [-0.1, -0.05) is 11.6 Å². The summed E-state index contributed by atoms with van der Waals surface area (Å²) in [6, 6.07) is 5.36. The van der Waals surface area contributed by atoms with Gasteiger partial charge < -0.3 is 14.6 Å². The molecule has 3 nitrogen and oxygen atoms in total. The Morgan fingerprint density at radius 1 is 1.35 bits per heavy atom. The van der Waals surface area contributed by atoms with Crippen molar-refractivity contribution < 1.29 is 14.6 Å². The van der Waals surface area contributed by atoms with Crippen LogP contribution in [0.1, 0.15) is 19.4 Å². The number of aliphatic hydroxyl groups excluding tert-OH is 1. The van der Waals surface area contributed by atoms with Gasteiger partial charge >= 0.3 is 0 Å². The maximum Gasteiger partial charge on any atom is 0.122 e. The molecule has 1 rings (SSSR count). The molecule has 1 atom stereocenters. The van der Waals surface area contributed by atoms with E-state index in [1.165, 1.54) is 0 Å². The minimum absolute atomic E-state index is 0.435. The quantitative estimate of drug-likeness (QED) is 0.883. The van der Waals surface area contributed by atoms with Gasteiger partial charge in [0.05, 0.1) is 18.8 Å². The van der Waals surface area contributed by atoms with E-state index in [0.717, 1.165) is 11.3 Å². The van der Waals surface area contributed by atoms with Gasteiger partial charge in [-0.3, -0.25) is 0 Å². The average molecular weight is 259 g/mol. The van der Waals surface area contributed by atoms with Crippen molar-refractivity contribution in [3.05, 3.63) is 28.8 Å². The van der Waals surface area contributed by atoms with E-state index in [1.54, 1.807) is 32.4 Å². The van der Waals surface area contributed by atoms with Crippen LogP contribution in [0.2, 0.25) is 5.02 Å². The van der Waals surface area contributed by atoms with Crippen LogP contribution in [0, 0.1) is 0 Å². The monoisotopic (exact) mass is 258 g/mol. The summed E-state index contributed by atoms with van der Waals surface area (Å²) in [5.74, 6) is 0.723. The number of methoxy groups -OCH3 is 2. The van der Waals surface area contributed by atoms with Crippen molar-refractivity contribution in [3.8, 4) is 5.75 Å². The van der Waals surface area contributed by atoms with Crippen LogP contribution >= 0.6 is 11.6 Å². The van der Waals surface area contributed by atoms with Gasteiger partial charge in [-0.25, -0.2) is 0 Å². The standard InChI is InChI=1S/C13H19ClO3/c1-13(2,17-4)12(15)8-9-7-10(14)5-6-11(9)16-3/h5-7,12,15H,8H2,1-4H3. The number of aliphatic hydroxyl groups is 1. The molecule has 17 heavy (non-hydrogen) atoms. The van der Waals surface area contributed by atoms with Crippen LogP contribution in [0.3, 0.4) is 0 Å². The summed E-state index contributed by atoms with van der Waals surface area (Å²) < 4.78 is 10.5. The molecule has 0 amide bonds. The molecule has 0 bridgehead atoms. The molecule has 1 unspecified atom stereocenters.